The molecule has 2 aliphatic carbocycles. The van der Waals surface area contributed by atoms with Gasteiger partial charge in [-0.05, 0) is 81.7 Å². The number of carbonyl (C=O) groups is 1. The minimum Gasteiger partial charge on any atom is -0.486 e. The van der Waals surface area contributed by atoms with Crippen molar-refractivity contribution in [2.75, 3.05) is 0 Å². The van der Waals surface area contributed by atoms with Gasteiger partial charge in [-0.1, -0.05) is 74.6 Å². The number of thiocarbonyl (C=S) groups is 1. The third kappa shape index (κ3) is 7.60. The fourth-order valence-corrected chi connectivity index (χ4v) is 4.95. The van der Waals surface area contributed by atoms with E-state index < -0.39 is 0 Å². The molecule has 1 N–H and O–H groups in total. The molecule has 0 spiro atoms. The third-order valence-corrected chi connectivity index (χ3v) is 6.70. The van der Waals surface area contributed by atoms with E-state index in [2.05, 4.69) is 45.9 Å². The fourth-order valence-electron chi connectivity index (χ4n) is 4.71. The molecule has 0 radical (unpaired) electrons. The fraction of sp³-hybridized carbons (Fsp3) is 0.556. The normalized spacial score (nSPS) is 21.2. The van der Waals surface area contributed by atoms with Gasteiger partial charge < -0.3 is 5.11 Å². The van der Waals surface area contributed by atoms with Crippen molar-refractivity contribution < 1.29 is 9.90 Å². The lowest BCUT2D eigenvalue weighted by molar-refractivity contribution is -0.125. The number of hydrogen-bond donors (Lipinski definition) is 1. The maximum Gasteiger partial charge on any atom is 0.264 e. The molecule has 0 aromatic carbocycles. The van der Waals surface area contributed by atoms with Gasteiger partial charge in [0, 0.05) is 12.1 Å². The molecule has 31 heavy (non-hydrogen) atoms. The monoisotopic (exact) mass is 441 g/mol. The van der Waals surface area contributed by atoms with E-state index in [0.29, 0.717) is 0 Å². The molecule has 1 amide bonds. The number of nitrogens with zero attached hydrogens (tertiary/aromatic N) is 1. The predicted octanol–water partition coefficient (Wildman–Crippen LogP) is 7.52. The molecular weight excluding hydrogens is 402 g/mol. The van der Waals surface area contributed by atoms with Gasteiger partial charge in [-0.3, -0.25) is 9.69 Å². The summed E-state index contributed by atoms with van der Waals surface area (Å²) >= 11 is 4.95. The number of rotatable bonds is 6. The highest BCUT2D eigenvalue weighted by atomic mass is 32.1. The van der Waals surface area contributed by atoms with Crippen LogP contribution in [-0.2, 0) is 4.79 Å². The summed E-state index contributed by atoms with van der Waals surface area (Å²) < 4.78 is 0. The lowest BCUT2D eigenvalue weighted by Crippen LogP contribution is -2.44. The van der Waals surface area contributed by atoms with Gasteiger partial charge >= 0.3 is 0 Å². The number of aliphatic hydroxyl groups is 1. The van der Waals surface area contributed by atoms with Gasteiger partial charge in [-0.2, -0.15) is 0 Å². The van der Waals surface area contributed by atoms with E-state index in [1.165, 1.54) is 41.7 Å². The average Bonchev–Trinajstić information content (AvgIpc) is 2.67. The van der Waals surface area contributed by atoms with E-state index in [1.54, 1.807) is 6.08 Å². The van der Waals surface area contributed by atoms with Gasteiger partial charge in [0.2, 0.25) is 0 Å². The zero-order chi connectivity index (χ0) is 23.0. The summed E-state index contributed by atoms with van der Waals surface area (Å²) in [6.45, 7) is 10.9. The topological polar surface area (TPSA) is 40.5 Å². The van der Waals surface area contributed by atoms with E-state index in [1.807, 2.05) is 19.1 Å². The van der Waals surface area contributed by atoms with Crippen molar-refractivity contribution in [3.05, 3.63) is 58.7 Å². The number of hydrogen-bond acceptors (Lipinski definition) is 2. The molecule has 3 nitrogen and oxygen atoms in total. The van der Waals surface area contributed by atoms with Crippen LogP contribution in [-0.4, -0.2) is 27.1 Å². The molecule has 4 heteroatoms. The Hall–Kier alpha value is -1.94. The number of aliphatic hydroxyl groups excluding tert-OH is 1. The highest BCUT2D eigenvalue weighted by molar-refractivity contribution is 7.79. The van der Waals surface area contributed by atoms with Crippen LogP contribution < -0.4 is 0 Å². The minimum atomic E-state index is -0.318. The molecule has 0 aromatic heterocycles. The van der Waals surface area contributed by atoms with Gasteiger partial charge in [0.25, 0.3) is 11.1 Å². The lowest BCUT2D eigenvalue weighted by Gasteiger charge is -2.32. The molecular formula is C27H39NO2S. The van der Waals surface area contributed by atoms with E-state index in [-0.39, 0.29) is 22.5 Å². The quantitative estimate of drug-likeness (QED) is 0.263. The van der Waals surface area contributed by atoms with Crippen molar-refractivity contribution >= 4 is 23.3 Å². The van der Waals surface area contributed by atoms with Crippen LogP contribution in [0.4, 0.5) is 0 Å². The zero-order valence-electron chi connectivity index (χ0n) is 19.9. The Morgan fingerprint density at radius 1 is 1.10 bits per heavy atom. The Morgan fingerprint density at radius 2 is 1.77 bits per heavy atom. The zero-order valence-corrected chi connectivity index (χ0v) is 20.7. The molecule has 2 rings (SSSR count). The molecule has 0 saturated heterocycles. The highest BCUT2D eigenvalue weighted by Crippen LogP contribution is 2.40. The summed E-state index contributed by atoms with van der Waals surface area (Å²) in [5, 5.41) is 9.57. The number of carbonyl (C=O) groups excluding carboxylic acids is 1. The largest absolute Gasteiger partial charge is 0.486 e. The summed E-state index contributed by atoms with van der Waals surface area (Å²) in [6.07, 6.45) is 20.8. The van der Waals surface area contributed by atoms with Gasteiger partial charge in [0.1, 0.15) is 0 Å². The van der Waals surface area contributed by atoms with Crippen LogP contribution >= 0.6 is 12.2 Å². The Labute approximate surface area is 194 Å². The van der Waals surface area contributed by atoms with Crippen molar-refractivity contribution in [2.24, 2.45) is 5.41 Å². The van der Waals surface area contributed by atoms with Crippen LogP contribution in [0, 0.1) is 5.41 Å². The second kappa shape index (κ2) is 11.6. The first-order valence-corrected chi connectivity index (χ1v) is 12.0. The summed E-state index contributed by atoms with van der Waals surface area (Å²) in [5.74, 6) is -0.232. The molecule has 0 heterocycles. The molecule has 0 unspecified atom stereocenters. The Bertz CT molecular complexity index is 820. The Kier molecular flexibility index (Phi) is 9.49. The highest BCUT2D eigenvalue weighted by Gasteiger charge is 2.27. The summed E-state index contributed by atoms with van der Waals surface area (Å²) in [5.41, 5.74) is 5.20. The predicted molar refractivity (Wildman–Crippen MR) is 135 cm³/mol. The van der Waals surface area contributed by atoms with Gasteiger partial charge in [-0.15, -0.1) is 0 Å². The van der Waals surface area contributed by atoms with Crippen molar-refractivity contribution in [3.8, 4) is 0 Å². The molecule has 0 atom stereocenters. The van der Waals surface area contributed by atoms with Crippen LogP contribution in [0.2, 0.25) is 0 Å². The maximum absolute atomic E-state index is 12.7. The van der Waals surface area contributed by atoms with Crippen LogP contribution in [0.3, 0.4) is 0 Å². The minimum absolute atomic E-state index is 0.0147. The molecule has 2 aliphatic rings. The van der Waals surface area contributed by atoms with Gasteiger partial charge in [0.05, 0.1) is 0 Å². The van der Waals surface area contributed by atoms with Crippen LogP contribution in [0.1, 0.15) is 86.0 Å². The first-order valence-electron chi connectivity index (χ1n) is 11.6. The van der Waals surface area contributed by atoms with Crippen molar-refractivity contribution in [3.63, 3.8) is 0 Å². The van der Waals surface area contributed by atoms with Crippen molar-refractivity contribution in [1.29, 1.82) is 0 Å². The number of amides is 1. The number of allylic oxidation sites excluding steroid dienone is 9. The van der Waals surface area contributed by atoms with Crippen molar-refractivity contribution in [1.82, 2.24) is 4.90 Å². The van der Waals surface area contributed by atoms with Crippen LogP contribution in [0.25, 0.3) is 0 Å². The van der Waals surface area contributed by atoms with E-state index >= 15 is 0 Å². The van der Waals surface area contributed by atoms with Crippen molar-refractivity contribution in [2.45, 2.75) is 92.0 Å². The smallest absolute Gasteiger partial charge is 0.264 e. The van der Waals surface area contributed by atoms with Crippen LogP contribution in [0.5, 0.6) is 0 Å². The molecule has 0 aliphatic heterocycles. The Morgan fingerprint density at radius 3 is 2.39 bits per heavy atom. The standard InChI is InChI=1S/C27H39NO2S/c1-20(16-17-24-22(3)13-10-18-27(24,4)5)11-9-12-21(2)19-25(29)28(26(30)31)23-14-7-6-8-15-23/h9,11-12,16-17,19,23H,6-8,10,13-15,18H2,1-5H3,(H,30,31). The van der Waals surface area contributed by atoms with Gasteiger partial charge in [-0.25, -0.2) is 0 Å². The van der Waals surface area contributed by atoms with Gasteiger partial charge in [0.15, 0.2) is 0 Å². The summed E-state index contributed by atoms with van der Waals surface area (Å²) in [6, 6.07) is 0.0147. The first-order chi connectivity index (χ1) is 14.6. The second-order valence-electron chi connectivity index (χ2n) is 9.71. The molecule has 1 fully saturated rings. The Balaban J connectivity index is 2.03. The molecule has 0 bridgehead atoms. The van der Waals surface area contributed by atoms with E-state index in [0.717, 1.165) is 36.8 Å². The van der Waals surface area contributed by atoms with E-state index in [9.17, 15) is 9.90 Å². The molecule has 170 valence electrons. The summed E-state index contributed by atoms with van der Waals surface area (Å²) in [7, 11) is 0. The van der Waals surface area contributed by atoms with Crippen LogP contribution in [0.15, 0.2) is 58.7 Å². The second-order valence-corrected chi connectivity index (χ2v) is 10.1. The summed E-state index contributed by atoms with van der Waals surface area (Å²) in [4.78, 5) is 14.1. The maximum atomic E-state index is 12.7. The van der Waals surface area contributed by atoms with E-state index in [4.69, 9.17) is 12.2 Å². The molecule has 1 saturated carbocycles. The lowest BCUT2D eigenvalue weighted by atomic mass is 9.72. The SMILES string of the molecule is CC(C=CC1=C(C)CCCC1(C)C)=CC=CC(C)=CC(=O)N(C(O)=S)C1CCCCC1. The third-order valence-electron chi connectivity index (χ3n) is 6.51. The first kappa shape index (κ1) is 25.3. The molecule has 0 aromatic rings. The average molecular weight is 442 g/mol.